The third-order valence-electron chi connectivity index (χ3n) is 12.8. The van der Waals surface area contributed by atoms with Crippen molar-refractivity contribution in [3.63, 3.8) is 0 Å². The molecule has 4 bridgehead atoms. The number of hydrogen-bond donors (Lipinski definition) is 5. The highest BCUT2D eigenvalue weighted by atomic mass is 32.2. The number of aromatic nitrogens is 1. The number of hydrogen-bond acceptors (Lipinski definition) is 13. The van der Waals surface area contributed by atoms with Gasteiger partial charge in [0, 0.05) is 70.0 Å². The minimum absolute atomic E-state index is 0.00137. The number of nitrogens with one attached hydrogen (secondary N) is 3. The number of carbonyl (C=O) groups excluding carboxylic acids is 2. The van der Waals surface area contributed by atoms with Crippen LogP contribution in [-0.2, 0) is 32.7 Å². The number of fused-ring (bicyclic) bond motifs is 11. The van der Waals surface area contributed by atoms with Crippen LogP contribution in [0.15, 0.2) is 30.3 Å². The third kappa shape index (κ3) is 4.81. The van der Waals surface area contributed by atoms with Crippen LogP contribution < -0.4 is 29.6 Å². The van der Waals surface area contributed by atoms with Crippen LogP contribution in [0.5, 0.6) is 28.7 Å². The molecule has 55 heavy (non-hydrogen) atoms. The Bertz CT molecular complexity index is 2310. The molecule has 4 aromatic rings. The molecule has 0 radical (unpaired) electrons. The van der Waals surface area contributed by atoms with E-state index in [4.69, 9.17) is 23.7 Å². The second kappa shape index (κ2) is 12.5. The predicted molar refractivity (Wildman–Crippen MR) is 203 cm³/mol. The number of aromatic amines is 1. The fourth-order valence-electron chi connectivity index (χ4n) is 10.6. The molecule has 7 aliphatic rings. The van der Waals surface area contributed by atoms with E-state index in [1.807, 2.05) is 38.1 Å². The zero-order valence-corrected chi connectivity index (χ0v) is 32.1. The largest absolute Gasteiger partial charge is 0.504 e. The fourth-order valence-corrected chi connectivity index (χ4v) is 12.3. The number of piperazine rings is 1. The molecule has 8 heterocycles. The molecule has 0 amide bonds. The number of benzene rings is 3. The molecule has 14 heteroatoms. The van der Waals surface area contributed by atoms with Gasteiger partial charge in [0.2, 0.25) is 6.79 Å². The number of carbonyl (C=O) groups is 2. The number of para-hydroxylation sites is 1. The van der Waals surface area contributed by atoms with Crippen molar-refractivity contribution < 1.29 is 43.5 Å². The van der Waals surface area contributed by atoms with Crippen molar-refractivity contribution in [2.45, 2.75) is 87.6 Å². The van der Waals surface area contributed by atoms with E-state index in [1.54, 1.807) is 18.9 Å². The van der Waals surface area contributed by atoms with Gasteiger partial charge in [0.15, 0.2) is 28.5 Å². The molecule has 1 spiro atoms. The molecule has 0 saturated carbocycles. The number of aliphatic hydroxyl groups excluding tert-OH is 1. The van der Waals surface area contributed by atoms with Crippen LogP contribution in [0.1, 0.15) is 75.8 Å². The van der Waals surface area contributed by atoms with E-state index in [0.29, 0.717) is 41.4 Å². The summed E-state index contributed by atoms with van der Waals surface area (Å²) in [6, 6.07) is 8.36. The van der Waals surface area contributed by atoms with Crippen LogP contribution in [-0.4, -0.2) is 89.1 Å². The second-order valence-electron chi connectivity index (χ2n) is 15.7. The number of ether oxygens (including phenoxy) is 5. The van der Waals surface area contributed by atoms with Gasteiger partial charge in [-0.15, -0.1) is 11.8 Å². The maximum Gasteiger partial charge on any atom is 0.333 e. The summed E-state index contributed by atoms with van der Waals surface area (Å²) in [4.78, 5) is 33.9. The normalized spacial score (nSPS) is 30.3. The molecule has 13 nitrogen and oxygen atoms in total. The van der Waals surface area contributed by atoms with Crippen molar-refractivity contribution in [2.75, 3.05) is 32.9 Å². The number of thioether (sulfide) groups is 1. The van der Waals surface area contributed by atoms with E-state index in [0.717, 1.165) is 50.0 Å². The van der Waals surface area contributed by atoms with E-state index >= 15 is 0 Å². The van der Waals surface area contributed by atoms with Crippen LogP contribution >= 0.6 is 11.8 Å². The van der Waals surface area contributed by atoms with Crippen LogP contribution in [0, 0.1) is 13.8 Å². The van der Waals surface area contributed by atoms with E-state index < -0.39 is 34.8 Å². The number of rotatable bonds is 3. The fraction of sp³-hybridized carbons (Fsp3) is 0.463. The lowest BCUT2D eigenvalue weighted by Crippen LogP contribution is -2.69. The van der Waals surface area contributed by atoms with Gasteiger partial charge in [-0.1, -0.05) is 24.3 Å². The van der Waals surface area contributed by atoms with Crippen LogP contribution in [0.3, 0.4) is 0 Å². The summed E-state index contributed by atoms with van der Waals surface area (Å²) < 4.78 is 30.8. The molecule has 0 aliphatic carbocycles. The molecule has 5 N–H and O–H groups in total. The third-order valence-corrected chi connectivity index (χ3v) is 14.3. The Morgan fingerprint density at radius 1 is 1.09 bits per heavy atom. The lowest BCUT2D eigenvalue weighted by Gasteiger charge is -2.60. The monoisotopic (exact) mass is 768 g/mol. The maximum atomic E-state index is 14.9. The first kappa shape index (κ1) is 35.0. The number of H-pyrrole nitrogens is 1. The minimum atomic E-state index is -1.36. The van der Waals surface area contributed by atoms with Crippen molar-refractivity contribution >= 4 is 34.6 Å². The average molecular weight is 769 g/mol. The van der Waals surface area contributed by atoms with Crippen molar-refractivity contribution in [1.82, 2.24) is 20.5 Å². The average Bonchev–Trinajstić information content (AvgIpc) is 3.82. The van der Waals surface area contributed by atoms with Gasteiger partial charge in [-0.3, -0.25) is 15.0 Å². The van der Waals surface area contributed by atoms with Crippen molar-refractivity contribution in [1.29, 1.82) is 0 Å². The summed E-state index contributed by atoms with van der Waals surface area (Å²) in [6.45, 7) is 7.20. The van der Waals surface area contributed by atoms with Gasteiger partial charge in [0.05, 0.1) is 36.7 Å². The van der Waals surface area contributed by atoms with Gasteiger partial charge >= 0.3 is 11.9 Å². The molecule has 288 valence electrons. The Balaban J connectivity index is 1.23. The summed E-state index contributed by atoms with van der Waals surface area (Å²) in [5, 5.41) is 30.7. The summed E-state index contributed by atoms with van der Waals surface area (Å²) in [6.07, 6.45) is 1.21. The van der Waals surface area contributed by atoms with Gasteiger partial charge in [-0.05, 0) is 56.4 Å². The molecule has 2 fully saturated rings. The molecule has 2 saturated heterocycles. The summed E-state index contributed by atoms with van der Waals surface area (Å²) in [7, 11) is 1.57. The Kier molecular flexibility index (Phi) is 7.96. The molecule has 1 aromatic heterocycles. The molecule has 11 rings (SSSR count). The van der Waals surface area contributed by atoms with E-state index in [1.165, 1.54) is 6.92 Å². The quantitative estimate of drug-likeness (QED) is 0.149. The van der Waals surface area contributed by atoms with E-state index in [2.05, 4.69) is 33.5 Å². The minimum Gasteiger partial charge on any atom is -0.504 e. The highest BCUT2D eigenvalue weighted by Crippen LogP contribution is 2.63. The topological polar surface area (TPSA) is 164 Å². The molecular formula is C41H44N4O9S. The van der Waals surface area contributed by atoms with Crippen molar-refractivity contribution in [3.8, 4) is 28.7 Å². The molecule has 7 aliphatic heterocycles. The summed E-state index contributed by atoms with van der Waals surface area (Å²) in [5.41, 5.74) is 6.14. The number of nitrogens with zero attached hydrogens (tertiary/aromatic N) is 1. The molecular weight excluding hydrogens is 725 g/mol. The lowest BCUT2D eigenvalue weighted by molar-refractivity contribution is -0.156. The Morgan fingerprint density at radius 2 is 1.89 bits per heavy atom. The Labute approximate surface area is 322 Å². The SMILES string of the molecule is COc1c(C)cc2c(c1O)[C@H]1N[C@@H](C2)[C@H](C)N2[C@H]1[C@@H]1SC[C@]3(N[C@H](CO)Cc4c3[nH]c3ccccc43)C(=O)OC[C@H]2c2c3c(c(C)c(OC(C)=O)c21)OCO3. The van der Waals surface area contributed by atoms with Gasteiger partial charge in [-0.25, -0.2) is 4.79 Å². The first-order valence-electron chi connectivity index (χ1n) is 18.9. The maximum absolute atomic E-state index is 14.9. The van der Waals surface area contributed by atoms with Crippen LogP contribution in [0.4, 0.5) is 0 Å². The highest BCUT2D eigenvalue weighted by molar-refractivity contribution is 7.99. The molecule has 3 aromatic carbocycles. The van der Waals surface area contributed by atoms with Crippen LogP contribution in [0.2, 0.25) is 0 Å². The number of aromatic hydroxyl groups is 1. The predicted octanol–water partition coefficient (Wildman–Crippen LogP) is 4.27. The van der Waals surface area contributed by atoms with Gasteiger partial charge in [0.25, 0.3) is 0 Å². The Morgan fingerprint density at radius 3 is 2.67 bits per heavy atom. The molecule has 0 unspecified atom stereocenters. The summed E-state index contributed by atoms with van der Waals surface area (Å²) in [5.74, 6) is 1.31. The first-order chi connectivity index (χ1) is 26.6. The molecule has 8 atom stereocenters. The van der Waals surface area contributed by atoms with Crippen molar-refractivity contribution in [3.05, 3.63) is 75.0 Å². The summed E-state index contributed by atoms with van der Waals surface area (Å²) >= 11 is 1.57. The first-order valence-corrected chi connectivity index (χ1v) is 20.0. The van der Waals surface area contributed by atoms with Gasteiger partial charge < -0.3 is 44.2 Å². The smallest absolute Gasteiger partial charge is 0.333 e. The highest BCUT2D eigenvalue weighted by Gasteiger charge is 2.60. The number of phenolic OH excluding ortho intramolecular Hbond substituents is 1. The van der Waals surface area contributed by atoms with Gasteiger partial charge in [-0.2, -0.15) is 0 Å². The van der Waals surface area contributed by atoms with E-state index in [-0.39, 0.29) is 55.7 Å². The Hall–Kier alpha value is -4.47. The second-order valence-corrected chi connectivity index (χ2v) is 16.9. The zero-order valence-electron chi connectivity index (χ0n) is 31.3. The zero-order chi connectivity index (χ0) is 38.1. The van der Waals surface area contributed by atoms with Crippen molar-refractivity contribution in [2.24, 2.45) is 0 Å². The number of methoxy groups -OCH3 is 1. The standard InChI is InChI=1S/C41H44N4O9S/c1-17-10-21-11-26-19(3)45-27-14-51-40(49)41(39-24(12-22(13-46)44-41)23-8-6-7-9-25(23)43-39)15-55-38(32(45)31(42-26)28(21)33(48)34(17)50-5)30-29(27)37-36(52-16-53-37)18(2)35(30)54-20(4)47/h6-10,19,22,26-27,31-32,38,42-44,46,48H,11-16H2,1-5H3/t19-,22-,26-,27-,31+,32+,38+,41+/m0/s1. The number of phenols is 1. The van der Waals surface area contributed by atoms with Crippen LogP contribution in [0.25, 0.3) is 10.9 Å². The number of aliphatic hydroxyl groups is 1. The van der Waals surface area contributed by atoms with E-state index in [9.17, 15) is 19.8 Å². The number of aryl methyl sites for hydroxylation is 1. The van der Waals surface area contributed by atoms with Gasteiger partial charge in [0.1, 0.15) is 12.4 Å². The lowest BCUT2D eigenvalue weighted by atomic mass is 9.72. The number of esters is 2.